The van der Waals surface area contributed by atoms with E-state index in [1.807, 2.05) is 21.1 Å². The van der Waals surface area contributed by atoms with Gasteiger partial charge in [0.25, 0.3) is 7.82 Å². The van der Waals surface area contributed by atoms with Gasteiger partial charge in [-0.25, -0.2) is 0 Å². The monoisotopic (exact) mass is 1200 g/mol. The van der Waals surface area contributed by atoms with Gasteiger partial charge in [-0.1, -0.05) is 319 Å². The van der Waals surface area contributed by atoms with Crippen LogP contribution < -0.4 is 4.89 Å². The number of esters is 2. The first-order valence-corrected chi connectivity index (χ1v) is 37.8. The number of unbranched alkanes of at least 4 members (excludes halogenated alkanes) is 46. The number of rotatable bonds is 68. The second-order valence-corrected chi connectivity index (χ2v) is 27.4. The lowest BCUT2D eigenvalue weighted by molar-refractivity contribution is -0.870. The van der Waals surface area contributed by atoms with E-state index in [0.29, 0.717) is 17.4 Å². The molecule has 9 nitrogen and oxygen atoms in total. The Morgan fingerprint density at radius 3 is 0.964 bits per heavy atom. The quantitative estimate of drug-likeness (QED) is 0.0195. The Morgan fingerprint density at radius 1 is 0.369 bits per heavy atom. The van der Waals surface area contributed by atoms with Gasteiger partial charge in [0.1, 0.15) is 19.8 Å². The van der Waals surface area contributed by atoms with E-state index in [2.05, 4.69) is 62.5 Å². The number of phosphoric ester groups is 1. The van der Waals surface area contributed by atoms with Gasteiger partial charge in [0.2, 0.25) is 0 Å². The van der Waals surface area contributed by atoms with E-state index < -0.39 is 26.5 Å². The van der Waals surface area contributed by atoms with Crippen LogP contribution in [0.25, 0.3) is 0 Å². The van der Waals surface area contributed by atoms with Gasteiger partial charge >= 0.3 is 11.9 Å². The lowest BCUT2D eigenvalue weighted by atomic mass is 10.0. The molecule has 0 N–H and O–H groups in total. The largest absolute Gasteiger partial charge is 0.756 e. The zero-order chi connectivity index (χ0) is 61.2. The van der Waals surface area contributed by atoms with E-state index in [1.54, 1.807) is 0 Å². The third-order valence-electron chi connectivity index (χ3n) is 16.3. The number of likely N-dealkylation sites (N-methyl/N-ethyl adjacent to an activating group) is 1. The minimum atomic E-state index is -4.64. The van der Waals surface area contributed by atoms with Gasteiger partial charge in [-0.2, -0.15) is 0 Å². The van der Waals surface area contributed by atoms with Crippen molar-refractivity contribution in [2.75, 3.05) is 47.5 Å². The van der Waals surface area contributed by atoms with Crippen molar-refractivity contribution >= 4 is 19.8 Å². The van der Waals surface area contributed by atoms with Crippen LogP contribution in [0.4, 0.5) is 0 Å². The summed E-state index contributed by atoms with van der Waals surface area (Å²) >= 11 is 0. The first-order valence-electron chi connectivity index (χ1n) is 36.3. The maximum absolute atomic E-state index is 12.9. The van der Waals surface area contributed by atoms with Crippen molar-refractivity contribution in [2.24, 2.45) is 0 Å². The molecular weight excluding hydrogens is 1060 g/mol. The molecule has 0 aliphatic carbocycles. The number of carbonyl (C=O) groups excluding carboxylic acids is 2. The van der Waals surface area contributed by atoms with Crippen LogP contribution in [-0.2, 0) is 32.7 Å². The first kappa shape index (κ1) is 82.0. The van der Waals surface area contributed by atoms with Crippen molar-refractivity contribution in [1.29, 1.82) is 0 Å². The number of allylic oxidation sites excluding steroid dienone is 8. The highest BCUT2D eigenvalue weighted by molar-refractivity contribution is 7.45. The van der Waals surface area contributed by atoms with Crippen LogP contribution in [0.1, 0.15) is 361 Å². The third-order valence-corrected chi connectivity index (χ3v) is 17.3. The molecule has 0 fully saturated rings. The second-order valence-electron chi connectivity index (χ2n) is 26.0. The summed E-state index contributed by atoms with van der Waals surface area (Å²) in [5.41, 5.74) is 0. The summed E-state index contributed by atoms with van der Waals surface area (Å²) in [5, 5.41) is 0. The van der Waals surface area contributed by atoms with Gasteiger partial charge in [-0.15, -0.1) is 0 Å². The lowest BCUT2D eigenvalue weighted by Gasteiger charge is -2.28. The molecule has 10 heteroatoms. The second kappa shape index (κ2) is 65.4. The van der Waals surface area contributed by atoms with E-state index in [1.165, 1.54) is 283 Å². The number of nitrogens with zero attached hydrogens (tertiary/aromatic N) is 1. The average molecular weight is 1200 g/mol. The molecule has 84 heavy (non-hydrogen) atoms. The SMILES string of the molecule is CCCCCCC/C=C\C/C=C\C/C=C\CCCCCCCCCCCCCCCCCCCCCCCCC(=O)OC(COC(=O)CCCCCCCCCCCCC/C=C\CCCCCCCCCC)COP(=O)([O-])OCC[N+](C)(C)C. The minimum Gasteiger partial charge on any atom is -0.756 e. The van der Waals surface area contributed by atoms with Gasteiger partial charge in [0.15, 0.2) is 6.10 Å². The fourth-order valence-electron chi connectivity index (χ4n) is 10.7. The molecule has 0 saturated heterocycles. The predicted molar refractivity (Wildman–Crippen MR) is 360 cm³/mol. The number of hydrogen-bond donors (Lipinski definition) is 0. The van der Waals surface area contributed by atoms with Crippen LogP contribution in [0.3, 0.4) is 0 Å². The molecule has 0 aromatic rings. The summed E-state index contributed by atoms with van der Waals surface area (Å²) < 4.78 is 34.3. The zero-order valence-electron chi connectivity index (χ0n) is 56.4. The molecular formula is C74H140NO8P. The lowest BCUT2D eigenvalue weighted by Crippen LogP contribution is -2.37. The van der Waals surface area contributed by atoms with Crippen LogP contribution >= 0.6 is 7.82 Å². The van der Waals surface area contributed by atoms with E-state index in [-0.39, 0.29) is 32.0 Å². The molecule has 0 aromatic heterocycles. The van der Waals surface area contributed by atoms with Crippen molar-refractivity contribution in [3.05, 3.63) is 48.6 Å². The summed E-state index contributed by atoms with van der Waals surface area (Å²) in [7, 11) is 1.18. The minimum absolute atomic E-state index is 0.0288. The average Bonchev–Trinajstić information content (AvgIpc) is 3.61. The summed E-state index contributed by atoms with van der Waals surface area (Å²) in [4.78, 5) is 38.1. The topological polar surface area (TPSA) is 111 Å². The number of quaternary nitrogens is 1. The van der Waals surface area contributed by atoms with E-state index in [9.17, 15) is 19.0 Å². The van der Waals surface area contributed by atoms with Crippen LogP contribution in [0.5, 0.6) is 0 Å². The number of ether oxygens (including phenoxy) is 2. The van der Waals surface area contributed by atoms with Crippen LogP contribution in [0, 0.1) is 0 Å². The van der Waals surface area contributed by atoms with Crippen molar-refractivity contribution in [1.82, 2.24) is 0 Å². The Balaban J connectivity index is 3.95. The third kappa shape index (κ3) is 69.1. The highest BCUT2D eigenvalue weighted by atomic mass is 31.2. The molecule has 0 amide bonds. The Hall–Kier alpha value is -2.03. The molecule has 0 aliphatic rings. The summed E-state index contributed by atoms with van der Waals surface area (Å²) in [6, 6.07) is 0. The highest BCUT2D eigenvalue weighted by Crippen LogP contribution is 2.38. The van der Waals surface area contributed by atoms with E-state index in [4.69, 9.17) is 18.5 Å². The molecule has 0 aliphatic heterocycles. The predicted octanol–water partition coefficient (Wildman–Crippen LogP) is 23.0. The van der Waals surface area contributed by atoms with Gasteiger partial charge in [0, 0.05) is 12.8 Å². The Kier molecular flexibility index (Phi) is 63.8. The standard InChI is InChI=1S/C74H140NO8P/c1-6-8-10-12-14-16-18-20-22-24-26-28-30-31-32-33-34-35-36-37-38-39-40-41-42-43-45-47-49-51-53-55-57-59-61-63-65-67-74(77)83-72(71-82-84(78,79)81-69-68-75(3,4)5)70-80-73(76)66-64-62-60-58-56-54-52-50-48-46-44-29-27-25-23-21-19-17-15-13-11-9-7-2/h18,20,24-27,30-31,72H,6-17,19,21-23,28-29,32-71H2,1-5H3/b20-18-,26-24-,27-25-,31-30-. The normalized spacial score (nSPS) is 13.4. The maximum atomic E-state index is 12.9. The van der Waals surface area contributed by atoms with Gasteiger partial charge in [-0.3, -0.25) is 14.2 Å². The van der Waals surface area contributed by atoms with E-state index >= 15 is 0 Å². The Bertz CT molecular complexity index is 1560. The molecule has 0 aromatic carbocycles. The molecule has 0 saturated carbocycles. The van der Waals surface area contributed by atoms with Crippen molar-refractivity contribution in [3.63, 3.8) is 0 Å². The summed E-state index contributed by atoms with van der Waals surface area (Å²) in [6.07, 6.45) is 84.9. The first-order chi connectivity index (χ1) is 41.0. The molecule has 2 unspecified atom stereocenters. The Morgan fingerprint density at radius 2 is 0.643 bits per heavy atom. The number of phosphoric acid groups is 1. The molecule has 494 valence electrons. The van der Waals surface area contributed by atoms with Crippen LogP contribution in [0.2, 0.25) is 0 Å². The smallest absolute Gasteiger partial charge is 0.306 e. The highest BCUT2D eigenvalue weighted by Gasteiger charge is 2.22. The van der Waals surface area contributed by atoms with Gasteiger partial charge in [-0.05, 0) is 77.0 Å². The summed E-state index contributed by atoms with van der Waals surface area (Å²) in [5.74, 6) is -0.815. The maximum Gasteiger partial charge on any atom is 0.306 e. The van der Waals surface area contributed by atoms with Gasteiger partial charge < -0.3 is 27.9 Å². The molecule has 2 atom stereocenters. The Labute approximate surface area is 522 Å². The molecule has 0 bridgehead atoms. The molecule has 0 rings (SSSR count). The van der Waals surface area contributed by atoms with Gasteiger partial charge in [0.05, 0.1) is 27.7 Å². The molecule has 0 heterocycles. The van der Waals surface area contributed by atoms with Crippen LogP contribution in [-0.4, -0.2) is 70.0 Å². The summed E-state index contributed by atoms with van der Waals surface area (Å²) in [6.45, 7) is 4.29. The van der Waals surface area contributed by atoms with Crippen molar-refractivity contribution in [3.8, 4) is 0 Å². The number of carbonyl (C=O) groups is 2. The van der Waals surface area contributed by atoms with Crippen molar-refractivity contribution < 1.29 is 42.1 Å². The van der Waals surface area contributed by atoms with Crippen LogP contribution in [0.15, 0.2) is 48.6 Å². The fourth-order valence-corrected chi connectivity index (χ4v) is 11.5. The molecule has 0 spiro atoms. The fraction of sp³-hybridized carbons (Fsp3) is 0.865. The zero-order valence-corrected chi connectivity index (χ0v) is 57.3. The molecule has 0 radical (unpaired) electrons. The van der Waals surface area contributed by atoms with Crippen molar-refractivity contribution in [2.45, 2.75) is 367 Å². The number of hydrogen-bond acceptors (Lipinski definition) is 8. The van der Waals surface area contributed by atoms with E-state index in [0.717, 1.165) is 44.9 Å².